The van der Waals surface area contributed by atoms with Gasteiger partial charge in [0.05, 0.1) is 36.2 Å². The van der Waals surface area contributed by atoms with Gasteiger partial charge in [-0.1, -0.05) is 35.3 Å². The normalized spacial score (nSPS) is 17.7. The lowest BCUT2D eigenvalue weighted by molar-refractivity contribution is 0.0573. The number of piperazine rings is 1. The summed E-state index contributed by atoms with van der Waals surface area (Å²) >= 11 is 12.7. The zero-order valence-electron chi connectivity index (χ0n) is 20.0. The first-order chi connectivity index (χ1) is 17.9. The van der Waals surface area contributed by atoms with Crippen molar-refractivity contribution < 1.29 is 19.0 Å². The zero-order valence-corrected chi connectivity index (χ0v) is 21.5. The van der Waals surface area contributed by atoms with E-state index in [1.165, 1.54) is 12.1 Å². The number of hydrazine groups is 1. The molecule has 5 rings (SSSR count). The molecule has 1 amide bonds. The maximum absolute atomic E-state index is 13.5. The van der Waals surface area contributed by atoms with Gasteiger partial charge in [0.15, 0.2) is 5.69 Å². The summed E-state index contributed by atoms with van der Waals surface area (Å²) in [6.45, 7) is 3.94. The van der Waals surface area contributed by atoms with Crippen LogP contribution in [0, 0.1) is 5.82 Å². The van der Waals surface area contributed by atoms with Gasteiger partial charge in [0.1, 0.15) is 5.82 Å². The number of halogens is 3. The van der Waals surface area contributed by atoms with Crippen LogP contribution < -0.4 is 5.43 Å². The number of carbonyl (C=O) groups is 1. The van der Waals surface area contributed by atoms with Gasteiger partial charge < -0.3 is 9.84 Å². The molecule has 2 aliphatic heterocycles. The van der Waals surface area contributed by atoms with Crippen LogP contribution in [0.3, 0.4) is 0 Å². The smallest absolute Gasteiger partial charge is 0.286 e. The van der Waals surface area contributed by atoms with E-state index in [2.05, 4.69) is 10.3 Å². The Labute approximate surface area is 223 Å². The largest absolute Gasteiger partial charge is 0.395 e. The van der Waals surface area contributed by atoms with Crippen LogP contribution in [0.5, 0.6) is 0 Å². The van der Waals surface area contributed by atoms with E-state index in [0.29, 0.717) is 46.6 Å². The highest BCUT2D eigenvalue weighted by molar-refractivity contribution is 6.35. The van der Waals surface area contributed by atoms with Crippen molar-refractivity contribution in [1.82, 2.24) is 25.1 Å². The van der Waals surface area contributed by atoms with Crippen LogP contribution in [0.1, 0.15) is 27.3 Å². The van der Waals surface area contributed by atoms with Crippen LogP contribution in [0.2, 0.25) is 10.0 Å². The van der Waals surface area contributed by atoms with E-state index in [1.54, 1.807) is 35.0 Å². The van der Waals surface area contributed by atoms with Crippen LogP contribution in [0.15, 0.2) is 42.5 Å². The van der Waals surface area contributed by atoms with Gasteiger partial charge in [-0.05, 0) is 42.0 Å². The Kier molecular flexibility index (Phi) is 7.89. The SMILES string of the molecule is O=C(NN1CCN(CCO)CC1)c1nn(-c2ccc(Cl)cc2Cl)c2c1COCC2=Cc1ccc(F)cc1. The fraction of sp³-hybridized carbons (Fsp3) is 0.308. The molecule has 0 bridgehead atoms. The second kappa shape index (κ2) is 11.3. The molecule has 0 atom stereocenters. The molecule has 1 aromatic heterocycles. The predicted octanol–water partition coefficient (Wildman–Crippen LogP) is 3.64. The first-order valence-corrected chi connectivity index (χ1v) is 12.7. The first kappa shape index (κ1) is 25.8. The van der Waals surface area contributed by atoms with Crippen LogP contribution in [-0.2, 0) is 11.3 Å². The number of carbonyl (C=O) groups excluding carboxylic acids is 1. The third kappa shape index (κ3) is 5.72. The zero-order chi connectivity index (χ0) is 25.9. The number of rotatable bonds is 6. The third-order valence-electron chi connectivity index (χ3n) is 6.40. The van der Waals surface area contributed by atoms with Crippen molar-refractivity contribution >= 4 is 40.8 Å². The molecule has 11 heteroatoms. The van der Waals surface area contributed by atoms with Crippen molar-refractivity contribution in [3.05, 3.63) is 80.8 Å². The second-order valence-corrected chi connectivity index (χ2v) is 9.73. The topological polar surface area (TPSA) is 82.9 Å². The van der Waals surface area contributed by atoms with E-state index in [9.17, 15) is 9.18 Å². The summed E-state index contributed by atoms with van der Waals surface area (Å²) in [7, 11) is 0. The average molecular weight is 546 g/mol. The molecule has 0 aliphatic carbocycles. The third-order valence-corrected chi connectivity index (χ3v) is 6.94. The molecule has 2 N–H and O–H groups in total. The van der Waals surface area contributed by atoms with E-state index >= 15 is 0 Å². The number of benzene rings is 2. The lowest BCUT2D eigenvalue weighted by atomic mass is 10.0. The number of nitrogens with zero attached hydrogens (tertiary/aromatic N) is 4. The predicted molar refractivity (Wildman–Crippen MR) is 140 cm³/mol. The van der Waals surface area contributed by atoms with Crippen molar-refractivity contribution in [2.45, 2.75) is 6.61 Å². The molecule has 0 radical (unpaired) electrons. The quantitative estimate of drug-likeness (QED) is 0.492. The molecule has 1 fully saturated rings. The molecular formula is C26H26Cl2FN5O3. The van der Waals surface area contributed by atoms with Gasteiger partial charge in [0.25, 0.3) is 5.91 Å². The second-order valence-electron chi connectivity index (χ2n) is 8.89. The molecule has 3 heterocycles. The van der Waals surface area contributed by atoms with Crippen molar-refractivity contribution in [2.24, 2.45) is 0 Å². The summed E-state index contributed by atoms with van der Waals surface area (Å²) in [4.78, 5) is 15.6. The van der Waals surface area contributed by atoms with Crippen molar-refractivity contribution in [3.8, 4) is 5.69 Å². The number of β-amino-alcohol motifs (C(OH)–C–C–N with tert-alkyl or cyclic N) is 1. The number of aliphatic hydroxyl groups excluding tert-OH is 1. The van der Waals surface area contributed by atoms with Gasteiger partial charge >= 0.3 is 0 Å². The standard InChI is InChI=1S/C26H26Cl2FN5O3/c27-19-3-6-23(22(28)14-19)34-25-18(13-17-1-4-20(29)5-2-17)15-37-16-21(25)24(30-34)26(36)31-33-9-7-32(8-10-33)11-12-35/h1-6,13-14,35H,7-12,15-16H2,(H,31,36). The fourth-order valence-electron chi connectivity index (χ4n) is 4.55. The van der Waals surface area contributed by atoms with Gasteiger partial charge in [-0.3, -0.25) is 15.1 Å². The Hall–Kier alpha value is -2.79. The number of ether oxygens (including phenoxy) is 1. The number of nitrogens with one attached hydrogen (secondary N) is 1. The minimum absolute atomic E-state index is 0.108. The van der Waals surface area contributed by atoms with Gasteiger partial charge in [-0.15, -0.1) is 0 Å². The van der Waals surface area contributed by atoms with Gasteiger partial charge in [0.2, 0.25) is 0 Å². The van der Waals surface area contributed by atoms with Crippen LogP contribution >= 0.6 is 23.2 Å². The van der Waals surface area contributed by atoms with E-state index in [4.69, 9.17) is 38.1 Å². The lowest BCUT2D eigenvalue weighted by Crippen LogP contribution is -2.54. The summed E-state index contributed by atoms with van der Waals surface area (Å²) in [6.07, 6.45) is 1.89. The molecule has 8 nitrogen and oxygen atoms in total. The Morgan fingerprint density at radius 3 is 2.57 bits per heavy atom. The Morgan fingerprint density at radius 1 is 1.11 bits per heavy atom. The fourth-order valence-corrected chi connectivity index (χ4v) is 5.04. The molecule has 0 spiro atoms. The summed E-state index contributed by atoms with van der Waals surface area (Å²) in [6, 6.07) is 11.2. The Morgan fingerprint density at radius 2 is 1.86 bits per heavy atom. The summed E-state index contributed by atoms with van der Waals surface area (Å²) in [5, 5.41) is 16.6. The van der Waals surface area contributed by atoms with Gasteiger partial charge in [-0.25, -0.2) is 14.1 Å². The number of hydrogen-bond donors (Lipinski definition) is 2. The van der Waals surface area contributed by atoms with Crippen LogP contribution in [0.25, 0.3) is 17.3 Å². The highest BCUT2D eigenvalue weighted by Gasteiger charge is 2.31. The summed E-state index contributed by atoms with van der Waals surface area (Å²) < 4.78 is 21.0. The van der Waals surface area contributed by atoms with Crippen molar-refractivity contribution in [3.63, 3.8) is 0 Å². The van der Waals surface area contributed by atoms with E-state index in [0.717, 1.165) is 24.2 Å². The van der Waals surface area contributed by atoms with Crippen LogP contribution in [-0.4, -0.2) is 76.6 Å². The minimum Gasteiger partial charge on any atom is -0.395 e. The maximum Gasteiger partial charge on any atom is 0.286 e. The Balaban J connectivity index is 1.52. The maximum atomic E-state index is 13.5. The van der Waals surface area contributed by atoms with E-state index in [-0.39, 0.29) is 37.2 Å². The van der Waals surface area contributed by atoms with E-state index in [1.807, 2.05) is 11.1 Å². The molecule has 0 unspecified atom stereocenters. The number of aromatic nitrogens is 2. The molecular weight excluding hydrogens is 520 g/mol. The van der Waals surface area contributed by atoms with E-state index < -0.39 is 0 Å². The monoisotopic (exact) mass is 545 g/mol. The average Bonchev–Trinajstić information content (AvgIpc) is 3.27. The molecule has 3 aromatic rings. The number of aliphatic hydroxyl groups is 1. The highest BCUT2D eigenvalue weighted by Crippen LogP contribution is 2.34. The highest BCUT2D eigenvalue weighted by atomic mass is 35.5. The number of hydrogen-bond acceptors (Lipinski definition) is 6. The molecule has 2 aromatic carbocycles. The van der Waals surface area contributed by atoms with Gasteiger partial charge in [-0.2, -0.15) is 5.10 Å². The molecule has 0 saturated carbocycles. The summed E-state index contributed by atoms with van der Waals surface area (Å²) in [5.74, 6) is -0.667. The minimum atomic E-state index is -0.345. The molecule has 37 heavy (non-hydrogen) atoms. The molecule has 194 valence electrons. The van der Waals surface area contributed by atoms with Crippen LogP contribution in [0.4, 0.5) is 4.39 Å². The summed E-state index contributed by atoms with van der Waals surface area (Å²) in [5.41, 5.74) is 6.69. The van der Waals surface area contributed by atoms with Crippen molar-refractivity contribution in [2.75, 3.05) is 45.9 Å². The Bertz CT molecular complexity index is 1320. The number of fused-ring (bicyclic) bond motifs is 1. The molecule has 2 aliphatic rings. The van der Waals surface area contributed by atoms with Crippen molar-refractivity contribution in [1.29, 1.82) is 0 Å². The molecule has 1 saturated heterocycles. The lowest BCUT2D eigenvalue weighted by Gasteiger charge is -2.34. The van der Waals surface area contributed by atoms with Gasteiger partial charge in [0, 0.05) is 48.9 Å². The number of amides is 1. The first-order valence-electron chi connectivity index (χ1n) is 11.9.